The SMILES string of the molecule is CN[C@]1(C)C[C@@H]1c1ccccc1. The van der Waals surface area contributed by atoms with Crippen LogP contribution in [0.25, 0.3) is 0 Å². The van der Waals surface area contributed by atoms with Gasteiger partial charge in [-0.3, -0.25) is 0 Å². The Labute approximate surface area is 73.8 Å². The van der Waals surface area contributed by atoms with Crippen LogP contribution in [0.5, 0.6) is 0 Å². The molecule has 1 heteroatoms. The van der Waals surface area contributed by atoms with Crippen molar-refractivity contribution in [3.63, 3.8) is 0 Å². The van der Waals surface area contributed by atoms with Crippen LogP contribution in [0.1, 0.15) is 24.8 Å². The topological polar surface area (TPSA) is 12.0 Å². The van der Waals surface area contributed by atoms with E-state index in [0.717, 1.165) is 5.92 Å². The van der Waals surface area contributed by atoms with Gasteiger partial charge in [-0.25, -0.2) is 0 Å². The van der Waals surface area contributed by atoms with E-state index in [1.54, 1.807) is 0 Å². The van der Waals surface area contributed by atoms with E-state index in [1.807, 2.05) is 7.05 Å². The summed E-state index contributed by atoms with van der Waals surface area (Å²) < 4.78 is 0. The largest absolute Gasteiger partial charge is 0.314 e. The van der Waals surface area contributed by atoms with Crippen LogP contribution in [0, 0.1) is 0 Å². The van der Waals surface area contributed by atoms with Crippen LogP contribution in [-0.4, -0.2) is 12.6 Å². The smallest absolute Gasteiger partial charge is 0.0226 e. The molecule has 1 aliphatic carbocycles. The molecule has 1 fully saturated rings. The van der Waals surface area contributed by atoms with Crippen molar-refractivity contribution in [3.05, 3.63) is 35.9 Å². The fourth-order valence-corrected chi connectivity index (χ4v) is 1.81. The molecular weight excluding hydrogens is 146 g/mol. The summed E-state index contributed by atoms with van der Waals surface area (Å²) in [6.07, 6.45) is 1.27. The number of hydrogen-bond donors (Lipinski definition) is 1. The average molecular weight is 161 g/mol. The summed E-state index contributed by atoms with van der Waals surface area (Å²) in [5, 5.41) is 3.36. The highest BCUT2D eigenvalue weighted by atomic mass is 15.0. The second-order valence-corrected chi connectivity index (χ2v) is 3.83. The van der Waals surface area contributed by atoms with Crippen LogP contribution in [0.4, 0.5) is 0 Å². The lowest BCUT2D eigenvalue weighted by Crippen LogP contribution is -2.24. The molecule has 1 aromatic carbocycles. The van der Waals surface area contributed by atoms with Crippen molar-refractivity contribution in [1.82, 2.24) is 5.32 Å². The Morgan fingerprint density at radius 1 is 1.33 bits per heavy atom. The third-order valence-corrected chi connectivity index (χ3v) is 3.01. The molecule has 1 saturated carbocycles. The van der Waals surface area contributed by atoms with Gasteiger partial charge in [-0.1, -0.05) is 30.3 Å². The Morgan fingerprint density at radius 3 is 2.50 bits per heavy atom. The molecule has 0 aromatic heterocycles. The van der Waals surface area contributed by atoms with E-state index in [1.165, 1.54) is 12.0 Å². The van der Waals surface area contributed by atoms with E-state index in [-0.39, 0.29) is 0 Å². The van der Waals surface area contributed by atoms with Gasteiger partial charge in [0.2, 0.25) is 0 Å². The summed E-state index contributed by atoms with van der Waals surface area (Å²) >= 11 is 0. The lowest BCUT2D eigenvalue weighted by Gasteiger charge is -2.08. The van der Waals surface area contributed by atoms with Crippen LogP contribution in [0.3, 0.4) is 0 Å². The molecule has 1 aliphatic rings. The third kappa shape index (κ3) is 1.14. The predicted octanol–water partition coefficient (Wildman–Crippen LogP) is 2.15. The zero-order chi connectivity index (χ0) is 8.60. The van der Waals surface area contributed by atoms with Crippen LogP contribution in [0.2, 0.25) is 0 Å². The standard InChI is InChI=1S/C11H15N/c1-11(12-2)8-10(11)9-6-4-3-5-7-9/h3-7,10,12H,8H2,1-2H3/t10-,11-/m1/s1. The minimum absolute atomic E-state index is 0.362. The molecule has 2 atom stereocenters. The van der Waals surface area contributed by atoms with Crippen molar-refractivity contribution in [2.75, 3.05) is 7.05 Å². The Bertz CT molecular complexity index is 268. The van der Waals surface area contributed by atoms with E-state index in [4.69, 9.17) is 0 Å². The van der Waals surface area contributed by atoms with Crippen LogP contribution in [0.15, 0.2) is 30.3 Å². The van der Waals surface area contributed by atoms with Gasteiger partial charge in [-0.05, 0) is 26.0 Å². The van der Waals surface area contributed by atoms with Crippen molar-refractivity contribution in [1.29, 1.82) is 0 Å². The van der Waals surface area contributed by atoms with Crippen molar-refractivity contribution < 1.29 is 0 Å². The van der Waals surface area contributed by atoms with Crippen molar-refractivity contribution in [2.45, 2.75) is 24.8 Å². The quantitative estimate of drug-likeness (QED) is 0.700. The number of benzene rings is 1. The van der Waals surface area contributed by atoms with Gasteiger partial charge < -0.3 is 5.32 Å². The van der Waals surface area contributed by atoms with Gasteiger partial charge in [0, 0.05) is 11.5 Å². The minimum atomic E-state index is 0.362. The molecule has 0 aliphatic heterocycles. The molecule has 1 nitrogen and oxygen atoms in total. The van der Waals surface area contributed by atoms with Crippen molar-refractivity contribution in [3.8, 4) is 0 Å². The zero-order valence-corrected chi connectivity index (χ0v) is 7.67. The van der Waals surface area contributed by atoms with Gasteiger partial charge in [-0.15, -0.1) is 0 Å². The molecule has 1 N–H and O–H groups in total. The molecule has 2 rings (SSSR count). The first-order valence-electron chi connectivity index (χ1n) is 4.50. The second-order valence-electron chi connectivity index (χ2n) is 3.83. The Morgan fingerprint density at radius 2 is 2.00 bits per heavy atom. The van der Waals surface area contributed by atoms with Gasteiger partial charge in [0.15, 0.2) is 0 Å². The normalized spacial score (nSPS) is 33.3. The summed E-state index contributed by atoms with van der Waals surface area (Å²) in [6.45, 7) is 2.28. The number of likely N-dealkylation sites (N-methyl/N-ethyl adjacent to an activating group) is 1. The van der Waals surface area contributed by atoms with Crippen LogP contribution >= 0.6 is 0 Å². The Kier molecular flexibility index (Phi) is 1.69. The maximum Gasteiger partial charge on any atom is 0.0226 e. The van der Waals surface area contributed by atoms with E-state index in [0.29, 0.717) is 5.54 Å². The molecule has 1 aromatic rings. The number of hydrogen-bond acceptors (Lipinski definition) is 1. The van der Waals surface area contributed by atoms with Crippen LogP contribution < -0.4 is 5.32 Å². The van der Waals surface area contributed by atoms with E-state index in [9.17, 15) is 0 Å². The summed E-state index contributed by atoms with van der Waals surface area (Å²) in [7, 11) is 2.04. The summed E-state index contributed by atoms with van der Waals surface area (Å²) in [4.78, 5) is 0. The molecule has 0 radical (unpaired) electrons. The molecule has 0 bridgehead atoms. The van der Waals surface area contributed by atoms with Gasteiger partial charge in [-0.2, -0.15) is 0 Å². The first-order valence-corrected chi connectivity index (χ1v) is 4.50. The number of rotatable bonds is 2. The lowest BCUT2D eigenvalue weighted by molar-refractivity contribution is 0.586. The van der Waals surface area contributed by atoms with Crippen molar-refractivity contribution >= 4 is 0 Å². The molecule has 64 valence electrons. The third-order valence-electron chi connectivity index (χ3n) is 3.01. The van der Waals surface area contributed by atoms with E-state index in [2.05, 4.69) is 42.6 Å². The fourth-order valence-electron chi connectivity index (χ4n) is 1.81. The highest BCUT2D eigenvalue weighted by molar-refractivity contribution is 5.32. The van der Waals surface area contributed by atoms with E-state index < -0.39 is 0 Å². The zero-order valence-electron chi connectivity index (χ0n) is 7.67. The number of nitrogens with one attached hydrogen (secondary N) is 1. The summed E-state index contributed by atoms with van der Waals surface area (Å²) in [6, 6.07) is 10.7. The van der Waals surface area contributed by atoms with Gasteiger partial charge >= 0.3 is 0 Å². The average Bonchev–Trinajstić information content (AvgIpc) is 2.81. The maximum atomic E-state index is 3.36. The summed E-state index contributed by atoms with van der Waals surface area (Å²) in [5.74, 6) is 0.726. The molecular formula is C11H15N. The molecule has 0 amide bonds. The molecule has 0 unspecified atom stereocenters. The minimum Gasteiger partial charge on any atom is -0.314 e. The molecule has 12 heavy (non-hydrogen) atoms. The van der Waals surface area contributed by atoms with Crippen LogP contribution in [-0.2, 0) is 0 Å². The monoisotopic (exact) mass is 161 g/mol. The predicted molar refractivity (Wildman–Crippen MR) is 51.3 cm³/mol. The highest BCUT2D eigenvalue weighted by Gasteiger charge is 2.49. The van der Waals surface area contributed by atoms with Gasteiger partial charge in [0.1, 0.15) is 0 Å². The maximum absolute atomic E-state index is 3.36. The first kappa shape index (κ1) is 7.81. The molecule has 0 saturated heterocycles. The highest BCUT2D eigenvalue weighted by Crippen LogP contribution is 2.50. The first-order chi connectivity index (χ1) is 5.76. The Balaban J connectivity index is 2.16. The van der Waals surface area contributed by atoms with Gasteiger partial charge in [0.25, 0.3) is 0 Å². The Hall–Kier alpha value is -0.820. The van der Waals surface area contributed by atoms with Gasteiger partial charge in [0.05, 0.1) is 0 Å². The van der Waals surface area contributed by atoms with E-state index >= 15 is 0 Å². The fraction of sp³-hybridized carbons (Fsp3) is 0.455. The van der Waals surface area contributed by atoms with Crippen molar-refractivity contribution in [2.24, 2.45) is 0 Å². The summed E-state index contributed by atoms with van der Waals surface area (Å²) in [5.41, 5.74) is 1.83. The molecule has 0 heterocycles. The molecule has 0 spiro atoms. The lowest BCUT2D eigenvalue weighted by atomic mass is 10.1. The second kappa shape index (κ2) is 2.60.